The zero-order chi connectivity index (χ0) is 13.7. The second-order valence-corrected chi connectivity index (χ2v) is 4.75. The number of carbonyl (C=O) groups is 2. The minimum atomic E-state index is -0.773. The highest BCUT2D eigenvalue weighted by Crippen LogP contribution is 2.25. The number of urea groups is 1. The van der Waals surface area contributed by atoms with Crippen LogP contribution in [-0.2, 0) is 11.3 Å². The third kappa shape index (κ3) is 3.97. The van der Waals surface area contributed by atoms with Crippen LogP contribution in [0, 0.1) is 5.92 Å². The van der Waals surface area contributed by atoms with E-state index in [1.807, 2.05) is 10.8 Å². The summed E-state index contributed by atoms with van der Waals surface area (Å²) in [5.74, 6) is -1.10. The molecule has 1 aromatic heterocycles. The molecule has 19 heavy (non-hydrogen) atoms. The third-order valence-electron chi connectivity index (χ3n) is 3.33. The lowest BCUT2D eigenvalue weighted by Gasteiger charge is -2.13. The summed E-state index contributed by atoms with van der Waals surface area (Å²) in [6, 6.07) is -0.273. The molecule has 0 saturated heterocycles. The van der Waals surface area contributed by atoms with Gasteiger partial charge < -0.3 is 20.3 Å². The van der Waals surface area contributed by atoms with Gasteiger partial charge in [0.05, 0.1) is 12.2 Å². The molecule has 7 heteroatoms. The number of carbonyl (C=O) groups excluding carboxylic acids is 1. The van der Waals surface area contributed by atoms with Crippen molar-refractivity contribution in [2.24, 2.45) is 5.92 Å². The largest absolute Gasteiger partial charge is 0.481 e. The van der Waals surface area contributed by atoms with Gasteiger partial charge in [-0.25, -0.2) is 9.78 Å². The van der Waals surface area contributed by atoms with E-state index in [1.54, 1.807) is 12.5 Å². The van der Waals surface area contributed by atoms with Gasteiger partial charge in [0.15, 0.2) is 0 Å². The minimum Gasteiger partial charge on any atom is -0.481 e. The summed E-state index contributed by atoms with van der Waals surface area (Å²) in [5, 5.41) is 14.4. The Bertz CT molecular complexity index is 432. The van der Waals surface area contributed by atoms with E-state index in [0.29, 0.717) is 25.9 Å². The summed E-state index contributed by atoms with van der Waals surface area (Å²) in [6.45, 7) is 1.17. The molecular formula is C12H18N4O3. The van der Waals surface area contributed by atoms with Crippen molar-refractivity contribution in [2.75, 3.05) is 6.54 Å². The molecule has 2 unspecified atom stereocenters. The lowest BCUT2D eigenvalue weighted by atomic mass is 10.1. The normalized spacial score (nSPS) is 22.1. The summed E-state index contributed by atoms with van der Waals surface area (Å²) >= 11 is 0. The van der Waals surface area contributed by atoms with Crippen LogP contribution in [0.15, 0.2) is 18.7 Å². The molecule has 3 N–H and O–H groups in total. The number of carboxylic acids is 1. The van der Waals surface area contributed by atoms with Gasteiger partial charge in [-0.15, -0.1) is 0 Å². The van der Waals surface area contributed by atoms with Crippen molar-refractivity contribution < 1.29 is 14.7 Å². The van der Waals surface area contributed by atoms with Gasteiger partial charge in [-0.05, 0) is 19.3 Å². The molecule has 1 saturated carbocycles. The molecule has 7 nitrogen and oxygen atoms in total. The van der Waals surface area contributed by atoms with Gasteiger partial charge in [0, 0.05) is 31.5 Å². The summed E-state index contributed by atoms with van der Waals surface area (Å²) < 4.78 is 1.87. The molecule has 104 valence electrons. The number of aliphatic carboxylic acids is 1. The van der Waals surface area contributed by atoms with Gasteiger partial charge in [0.2, 0.25) is 0 Å². The van der Waals surface area contributed by atoms with Crippen LogP contribution in [0.25, 0.3) is 0 Å². The first-order valence-electron chi connectivity index (χ1n) is 6.38. The summed E-state index contributed by atoms with van der Waals surface area (Å²) in [7, 11) is 0. The van der Waals surface area contributed by atoms with Crippen molar-refractivity contribution in [1.82, 2.24) is 20.2 Å². The maximum Gasteiger partial charge on any atom is 0.315 e. The zero-order valence-electron chi connectivity index (χ0n) is 10.6. The number of imidazole rings is 1. The lowest BCUT2D eigenvalue weighted by Crippen LogP contribution is -2.42. The lowest BCUT2D eigenvalue weighted by molar-refractivity contribution is -0.141. The van der Waals surface area contributed by atoms with E-state index in [9.17, 15) is 9.59 Å². The van der Waals surface area contributed by atoms with Crippen LogP contribution in [0.4, 0.5) is 4.79 Å². The van der Waals surface area contributed by atoms with E-state index in [4.69, 9.17) is 5.11 Å². The van der Waals surface area contributed by atoms with Gasteiger partial charge in [-0.2, -0.15) is 0 Å². The predicted octanol–water partition coefficient (Wildman–Crippen LogP) is 0.436. The van der Waals surface area contributed by atoms with E-state index in [2.05, 4.69) is 15.6 Å². The molecule has 1 aliphatic rings. The molecular weight excluding hydrogens is 248 g/mol. The fraction of sp³-hybridized carbons (Fsp3) is 0.583. The van der Waals surface area contributed by atoms with Crippen molar-refractivity contribution in [2.45, 2.75) is 31.8 Å². The molecule has 0 bridgehead atoms. The Labute approximate surface area is 111 Å². The average Bonchev–Trinajstić information content (AvgIpc) is 3.00. The van der Waals surface area contributed by atoms with Crippen LogP contribution in [-0.4, -0.2) is 39.2 Å². The molecule has 1 fully saturated rings. The van der Waals surface area contributed by atoms with E-state index < -0.39 is 5.97 Å². The second-order valence-electron chi connectivity index (χ2n) is 4.75. The number of aromatic nitrogens is 2. The molecule has 2 amide bonds. The minimum absolute atomic E-state index is 0.0330. The molecule has 1 aromatic rings. The Hall–Kier alpha value is -2.05. The number of amides is 2. The van der Waals surface area contributed by atoms with Crippen LogP contribution in [0.5, 0.6) is 0 Å². The number of nitrogens with zero attached hydrogens (tertiary/aromatic N) is 2. The number of hydrogen-bond acceptors (Lipinski definition) is 3. The van der Waals surface area contributed by atoms with E-state index in [1.165, 1.54) is 0 Å². The Balaban J connectivity index is 1.63. The molecule has 2 rings (SSSR count). The topological polar surface area (TPSA) is 96.3 Å². The standard InChI is InChI=1S/C12H18N4O3/c17-11(18)9-1-2-10(7-9)15-12(19)14-4-6-16-5-3-13-8-16/h3,5,8-10H,1-2,4,6-7H2,(H,17,18)(H2,14,15,19). The van der Waals surface area contributed by atoms with E-state index in [0.717, 1.165) is 6.42 Å². The quantitative estimate of drug-likeness (QED) is 0.720. The highest BCUT2D eigenvalue weighted by molar-refractivity contribution is 5.75. The van der Waals surface area contributed by atoms with Crippen molar-refractivity contribution in [3.8, 4) is 0 Å². The van der Waals surface area contributed by atoms with Crippen molar-refractivity contribution in [3.05, 3.63) is 18.7 Å². The maximum absolute atomic E-state index is 11.6. The summed E-state index contributed by atoms with van der Waals surface area (Å²) in [5.41, 5.74) is 0. The van der Waals surface area contributed by atoms with Gasteiger partial charge in [-0.1, -0.05) is 0 Å². The molecule has 0 radical (unpaired) electrons. The monoisotopic (exact) mass is 266 g/mol. The highest BCUT2D eigenvalue weighted by Gasteiger charge is 2.30. The summed E-state index contributed by atoms with van der Waals surface area (Å²) in [4.78, 5) is 26.3. The fourth-order valence-electron chi connectivity index (χ4n) is 2.29. The highest BCUT2D eigenvalue weighted by atomic mass is 16.4. The average molecular weight is 266 g/mol. The van der Waals surface area contributed by atoms with Crippen molar-refractivity contribution in [3.63, 3.8) is 0 Å². The maximum atomic E-state index is 11.6. The van der Waals surface area contributed by atoms with Crippen LogP contribution in [0.2, 0.25) is 0 Å². The summed E-state index contributed by atoms with van der Waals surface area (Å²) in [6.07, 6.45) is 7.08. The molecule has 2 atom stereocenters. The van der Waals surface area contributed by atoms with Crippen LogP contribution in [0.3, 0.4) is 0 Å². The first-order chi connectivity index (χ1) is 9.15. The molecule has 1 aliphatic carbocycles. The van der Waals surface area contributed by atoms with Crippen LogP contribution < -0.4 is 10.6 Å². The first kappa shape index (κ1) is 13.4. The Morgan fingerprint density at radius 2 is 2.26 bits per heavy atom. The van der Waals surface area contributed by atoms with Crippen LogP contribution >= 0.6 is 0 Å². The Kier molecular flexibility index (Phi) is 4.38. The second kappa shape index (κ2) is 6.21. The molecule has 0 aromatic carbocycles. The number of hydrogen-bond donors (Lipinski definition) is 3. The predicted molar refractivity (Wildman–Crippen MR) is 67.5 cm³/mol. The third-order valence-corrected chi connectivity index (χ3v) is 3.33. The van der Waals surface area contributed by atoms with Crippen molar-refractivity contribution >= 4 is 12.0 Å². The van der Waals surface area contributed by atoms with Gasteiger partial charge >= 0.3 is 12.0 Å². The zero-order valence-corrected chi connectivity index (χ0v) is 10.6. The molecule has 1 heterocycles. The van der Waals surface area contributed by atoms with Gasteiger partial charge in [0.1, 0.15) is 0 Å². The van der Waals surface area contributed by atoms with Gasteiger partial charge in [-0.3, -0.25) is 4.79 Å². The first-order valence-corrected chi connectivity index (χ1v) is 6.38. The van der Waals surface area contributed by atoms with Gasteiger partial charge in [0.25, 0.3) is 0 Å². The fourth-order valence-corrected chi connectivity index (χ4v) is 2.29. The Morgan fingerprint density at radius 3 is 2.89 bits per heavy atom. The van der Waals surface area contributed by atoms with E-state index in [-0.39, 0.29) is 18.0 Å². The molecule has 0 aliphatic heterocycles. The number of carboxylic acid groups (broad SMARTS) is 1. The molecule has 0 spiro atoms. The van der Waals surface area contributed by atoms with Crippen LogP contribution in [0.1, 0.15) is 19.3 Å². The SMILES string of the molecule is O=C(NCCn1ccnc1)NC1CCC(C(=O)O)C1. The Morgan fingerprint density at radius 1 is 1.42 bits per heavy atom. The van der Waals surface area contributed by atoms with Crippen molar-refractivity contribution in [1.29, 1.82) is 0 Å². The number of rotatable bonds is 5. The number of nitrogens with one attached hydrogen (secondary N) is 2. The van der Waals surface area contributed by atoms with E-state index >= 15 is 0 Å². The smallest absolute Gasteiger partial charge is 0.315 e.